The van der Waals surface area contributed by atoms with Gasteiger partial charge in [0.15, 0.2) is 7.60 Å². The normalized spacial score (nSPS) is 16.2. The van der Waals surface area contributed by atoms with Crippen LogP contribution in [0.3, 0.4) is 0 Å². The van der Waals surface area contributed by atoms with Gasteiger partial charge in [-0.2, -0.15) is 0 Å². The van der Waals surface area contributed by atoms with Gasteiger partial charge in [-0.05, 0) is 5.82 Å². The summed E-state index contributed by atoms with van der Waals surface area (Å²) in [5.74, 6) is 0.300. The van der Waals surface area contributed by atoms with Crippen LogP contribution in [0, 0.1) is 0 Å². The second-order valence-corrected chi connectivity index (χ2v) is 6.65. The number of phosphoric acid groups is 2. The minimum Gasteiger partial charge on any atom is -0.790 e. The first kappa shape index (κ1) is 31.9. The van der Waals surface area contributed by atoms with Crippen molar-refractivity contribution in [2.75, 3.05) is 0 Å². The molecule has 20 heavy (non-hydrogen) atoms. The summed E-state index contributed by atoms with van der Waals surface area (Å²) in [6.45, 7) is 3.09. The molecule has 0 heterocycles. The average Bonchev–Trinajstić information content (AvgIpc) is 1.93. The Hall–Kier alpha value is -0.230. The van der Waals surface area contributed by atoms with Crippen LogP contribution >= 0.6 is 23.2 Å². The maximum absolute atomic E-state index is 10.8. The second-order valence-electron chi connectivity index (χ2n) is 2.17. The summed E-state index contributed by atoms with van der Waals surface area (Å²) in [7, 11) is -16.7. The van der Waals surface area contributed by atoms with Gasteiger partial charge in [0.1, 0.15) is 0 Å². The molecule has 0 aromatic rings. The average molecular weight is 362 g/mol. The van der Waals surface area contributed by atoms with Gasteiger partial charge in [0.2, 0.25) is 0 Å². The second kappa shape index (κ2) is 11.4. The van der Waals surface area contributed by atoms with Gasteiger partial charge in [0, 0.05) is 0 Å². The Balaban J connectivity index is -0.000000187. The van der Waals surface area contributed by atoms with Crippen LogP contribution in [0.1, 0.15) is 0 Å². The maximum atomic E-state index is 10.8. The van der Waals surface area contributed by atoms with Crippen LogP contribution in [0.4, 0.5) is 0 Å². The zero-order valence-electron chi connectivity index (χ0n) is 11.5. The topological polar surface area (TPSA) is 308 Å². The molecule has 0 fully saturated rings. The summed E-state index contributed by atoms with van der Waals surface area (Å²) in [5.41, 5.74) is 0. The number of hydrogen-bond acceptors (Lipinski definition) is 9. The van der Waals surface area contributed by atoms with Crippen molar-refractivity contribution in [2.45, 2.75) is 0 Å². The van der Waals surface area contributed by atoms with Gasteiger partial charge in [-0.3, -0.25) is 13.2 Å². The van der Waals surface area contributed by atoms with Crippen LogP contribution in [0.2, 0.25) is 0 Å². The highest BCUT2D eigenvalue weighted by Crippen LogP contribution is 2.60. The summed E-state index contributed by atoms with van der Waals surface area (Å²) in [6.07, 6.45) is 1.82. The molecule has 0 aliphatic carbocycles. The van der Waals surface area contributed by atoms with E-state index in [1.165, 1.54) is 0 Å². The molecule has 2 unspecified atom stereocenters. The van der Waals surface area contributed by atoms with Crippen LogP contribution in [0.15, 0.2) is 24.5 Å². The van der Waals surface area contributed by atoms with Gasteiger partial charge in [-0.1, -0.05) is 18.7 Å². The van der Waals surface area contributed by atoms with Crippen LogP contribution in [0.5, 0.6) is 0 Å². The predicted octanol–water partition coefficient (Wildman–Crippen LogP) is 0.0746. The van der Waals surface area contributed by atoms with E-state index >= 15 is 0 Å². The van der Waals surface area contributed by atoms with Crippen molar-refractivity contribution < 1.29 is 41.9 Å². The maximum Gasteiger partial charge on any atom is 0.276 e. The Morgan fingerprint density at radius 2 is 1.25 bits per heavy atom. The van der Waals surface area contributed by atoms with Crippen molar-refractivity contribution in [3.8, 4) is 0 Å². The molecule has 126 valence electrons. The molecular formula is C4H21N4O9P3. The Bertz CT molecular complexity index is 433. The molecule has 0 radical (unpaired) electrons. The lowest BCUT2D eigenvalue weighted by atomic mass is 10.6. The van der Waals surface area contributed by atoms with Crippen LogP contribution < -0.4 is 44.2 Å². The standard InChI is InChI=1S/C4H9O9P3.4H3N/c1-2-3-4-14(5,6)12-16(10,11)13-15(7,8)9;;;;/h2-4H,1H2,(H,5,6)(H,10,11)(H2,7,8,9);4*1H3/b4-3+;;;;. The lowest BCUT2D eigenvalue weighted by Crippen LogP contribution is -2.19. The Morgan fingerprint density at radius 1 is 0.850 bits per heavy atom. The molecule has 0 saturated heterocycles. The first-order valence-corrected chi connectivity index (χ1v) is 7.87. The van der Waals surface area contributed by atoms with Crippen LogP contribution in [-0.2, 0) is 22.3 Å². The minimum absolute atomic E-state index is 0. The molecule has 13 nitrogen and oxygen atoms in total. The van der Waals surface area contributed by atoms with Gasteiger partial charge in [-0.25, -0.2) is 0 Å². The van der Waals surface area contributed by atoms with Gasteiger partial charge in [0.05, 0.1) is 7.82 Å². The lowest BCUT2D eigenvalue weighted by molar-refractivity contribution is -0.339. The number of hydrogen-bond donors (Lipinski definition) is 4. The van der Waals surface area contributed by atoms with Crippen molar-refractivity contribution in [2.24, 2.45) is 0 Å². The highest BCUT2D eigenvalue weighted by molar-refractivity contribution is 7.67. The van der Waals surface area contributed by atoms with E-state index in [0.29, 0.717) is 5.82 Å². The number of quaternary nitrogens is 4. The summed E-state index contributed by atoms with van der Waals surface area (Å²) in [4.78, 5) is 41.3. The van der Waals surface area contributed by atoms with E-state index in [1.54, 1.807) is 0 Å². The van der Waals surface area contributed by atoms with Gasteiger partial charge in [-0.15, -0.1) is 0 Å². The van der Waals surface area contributed by atoms with E-state index < -0.39 is 23.2 Å². The third-order valence-corrected chi connectivity index (χ3v) is 4.67. The highest BCUT2D eigenvalue weighted by atomic mass is 31.3. The van der Waals surface area contributed by atoms with Crippen molar-refractivity contribution in [1.29, 1.82) is 0 Å². The van der Waals surface area contributed by atoms with Crippen LogP contribution in [-0.4, -0.2) is 0 Å². The van der Waals surface area contributed by atoms with Crippen LogP contribution in [0.25, 0.3) is 0 Å². The summed E-state index contributed by atoms with van der Waals surface area (Å²) in [5, 5.41) is 0. The van der Waals surface area contributed by atoms with E-state index in [1.807, 2.05) is 0 Å². The zero-order chi connectivity index (χ0) is 13.0. The zero-order valence-corrected chi connectivity index (χ0v) is 14.1. The Kier molecular flexibility index (Phi) is 18.2. The molecule has 0 aromatic carbocycles. The first-order valence-electron chi connectivity index (χ1n) is 3.34. The summed E-state index contributed by atoms with van der Waals surface area (Å²) in [6, 6.07) is 0. The molecule has 0 bridgehead atoms. The lowest BCUT2D eigenvalue weighted by Gasteiger charge is -2.37. The molecule has 0 rings (SSSR count). The molecule has 16 N–H and O–H groups in total. The molecule has 0 amide bonds. The van der Waals surface area contributed by atoms with Crippen molar-refractivity contribution in [1.82, 2.24) is 24.6 Å². The molecule has 0 saturated carbocycles. The number of rotatable bonds is 6. The van der Waals surface area contributed by atoms with Gasteiger partial charge in [0.25, 0.3) is 7.82 Å². The van der Waals surface area contributed by atoms with E-state index in [4.69, 9.17) is 0 Å². The Morgan fingerprint density at radius 3 is 1.55 bits per heavy atom. The third-order valence-electron chi connectivity index (χ3n) is 0.819. The molecule has 2 atom stereocenters. The van der Waals surface area contributed by atoms with Crippen molar-refractivity contribution in [3.63, 3.8) is 0 Å². The SMILES string of the molecule is C=C/C=C/P(=O)([O-])OP(=O)([O-])OP(=O)([O-])[O-].[NH4+].[NH4+].[NH4+].[NH4+]. The monoisotopic (exact) mass is 362 g/mol. The summed E-state index contributed by atoms with van der Waals surface area (Å²) < 4.78 is 37.6. The first-order chi connectivity index (χ1) is 6.97. The van der Waals surface area contributed by atoms with Gasteiger partial charge >= 0.3 is 0 Å². The summed E-state index contributed by atoms with van der Waals surface area (Å²) >= 11 is 0. The molecular weight excluding hydrogens is 341 g/mol. The van der Waals surface area contributed by atoms with E-state index in [2.05, 4.69) is 15.2 Å². The Labute approximate surface area is 115 Å². The molecule has 16 heteroatoms. The fraction of sp³-hybridized carbons (Fsp3) is 0. The van der Waals surface area contributed by atoms with Crippen molar-refractivity contribution in [3.05, 3.63) is 24.5 Å². The van der Waals surface area contributed by atoms with E-state index in [0.717, 1.165) is 12.2 Å². The highest BCUT2D eigenvalue weighted by Gasteiger charge is 2.17. The smallest absolute Gasteiger partial charge is 0.276 e. The molecule has 0 aliphatic rings. The van der Waals surface area contributed by atoms with E-state index in [9.17, 15) is 33.3 Å². The van der Waals surface area contributed by atoms with E-state index in [-0.39, 0.29) is 24.6 Å². The molecule has 0 aromatic heterocycles. The quantitative estimate of drug-likeness (QED) is 0.366. The molecule has 0 spiro atoms. The largest absolute Gasteiger partial charge is 0.790 e. The minimum atomic E-state index is -5.90. The predicted molar refractivity (Wildman–Crippen MR) is 68.3 cm³/mol. The molecule has 0 aliphatic heterocycles. The third kappa shape index (κ3) is 17.8. The fourth-order valence-corrected chi connectivity index (χ4v) is 3.50. The van der Waals surface area contributed by atoms with Gasteiger partial charge < -0.3 is 53.3 Å². The fourth-order valence-electron chi connectivity index (χ4n) is 0.470. The van der Waals surface area contributed by atoms with Crippen molar-refractivity contribution >= 4 is 23.2 Å². The number of allylic oxidation sites excluding steroid dienone is 2.